The van der Waals surface area contributed by atoms with Crippen molar-refractivity contribution in [3.63, 3.8) is 0 Å². The average Bonchev–Trinajstić information content (AvgIpc) is 2.73. The van der Waals surface area contributed by atoms with Crippen molar-refractivity contribution in [2.24, 2.45) is 0 Å². The number of sulfonamides is 1. The van der Waals surface area contributed by atoms with Crippen molar-refractivity contribution in [2.45, 2.75) is 23.6 Å². The summed E-state index contributed by atoms with van der Waals surface area (Å²) < 4.78 is 26.7. The summed E-state index contributed by atoms with van der Waals surface area (Å²) in [6.45, 7) is 4.39. The van der Waals surface area contributed by atoms with Crippen LogP contribution >= 0.6 is 11.8 Å². The number of hydrogen-bond acceptors (Lipinski definition) is 5. The van der Waals surface area contributed by atoms with Crippen LogP contribution in [0.25, 0.3) is 10.9 Å². The van der Waals surface area contributed by atoms with Crippen molar-refractivity contribution in [1.29, 1.82) is 0 Å². The van der Waals surface area contributed by atoms with Gasteiger partial charge in [0.15, 0.2) is 0 Å². The first-order chi connectivity index (χ1) is 14.0. The number of anilines is 1. The van der Waals surface area contributed by atoms with E-state index in [1.54, 1.807) is 38.2 Å². The molecule has 0 aliphatic carbocycles. The fourth-order valence-electron chi connectivity index (χ4n) is 2.98. The molecule has 0 unspecified atom stereocenters. The molecule has 0 atom stereocenters. The van der Waals surface area contributed by atoms with Crippen LogP contribution in [-0.2, 0) is 14.8 Å². The largest absolute Gasteiger partial charge is 0.325 e. The molecule has 0 radical (unpaired) electrons. The molecule has 0 saturated heterocycles. The zero-order chi connectivity index (χ0) is 20.9. The van der Waals surface area contributed by atoms with Crippen molar-refractivity contribution in [2.75, 3.05) is 24.2 Å². The van der Waals surface area contributed by atoms with E-state index < -0.39 is 10.0 Å². The third kappa shape index (κ3) is 4.95. The van der Waals surface area contributed by atoms with Gasteiger partial charge in [0.2, 0.25) is 15.9 Å². The Morgan fingerprint density at radius 3 is 2.59 bits per heavy atom. The number of carbonyl (C=O) groups is 1. The molecule has 0 aliphatic heterocycles. The number of nitrogens with one attached hydrogen (secondary N) is 1. The number of carbonyl (C=O) groups excluding carboxylic acids is 1. The molecule has 0 saturated carbocycles. The lowest BCUT2D eigenvalue weighted by Gasteiger charge is -2.18. The molecule has 152 valence electrons. The van der Waals surface area contributed by atoms with Gasteiger partial charge in [0.05, 0.1) is 16.2 Å². The maximum Gasteiger partial charge on any atom is 0.243 e. The van der Waals surface area contributed by atoms with E-state index in [0.717, 1.165) is 15.8 Å². The van der Waals surface area contributed by atoms with Gasteiger partial charge in [-0.15, -0.1) is 11.8 Å². The summed E-state index contributed by atoms with van der Waals surface area (Å²) in [4.78, 5) is 17.9. The highest BCUT2D eigenvalue weighted by molar-refractivity contribution is 8.00. The monoisotopic (exact) mass is 429 g/mol. The molecule has 1 aromatic heterocycles. The number of para-hydroxylation sites is 1. The summed E-state index contributed by atoms with van der Waals surface area (Å²) >= 11 is 1.42. The molecule has 1 amide bonds. The van der Waals surface area contributed by atoms with Crippen LogP contribution in [0.4, 0.5) is 5.69 Å². The number of nitrogens with zero attached hydrogens (tertiary/aromatic N) is 2. The first-order valence-electron chi connectivity index (χ1n) is 9.32. The molecule has 0 fully saturated rings. The lowest BCUT2D eigenvalue weighted by Crippen LogP contribution is -2.30. The highest BCUT2D eigenvalue weighted by Crippen LogP contribution is 2.26. The van der Waals surface area contributed by atoms with Gasteiger partial charge in [-0.25, -0.2) is 8.42 Å². The van der Waals surface area contributed by atoms with E-state index in [0.29, 0.717) is 18.8 Å². The number of aromatic nitrogens is 1. The molecule has 1 N–H and O–H groups in total. The lowest BCUT2D eigenvalue weighted by atomic mass is 10.2. The standard InChI is InChI=1S/C21H23N3O3S2/c1-3-24(4-2)29(26,27)17-9-7-8-16(14-17)23-21(25)15-28-20-12-13-22-19-11-6-5-10-18(19)20/h5-14H,3-4,15H2,1-2H3,(H,23,25). The number of hydrogen-bond donors (Lipinski definition) is 1. The van der Waals surface area contributed by atoms with Crippen LogP contribution in [0.5, 0.6) is 0 Å². The predicted molar refractivity (Wildman–Crippen MR) is 118 cm³/mol. The highest BCUT2D eigenvalue weighted by Gasteiger charge is 2.21. The van der Waals surface area contributed by atoms with Gasteiger partial charge in [0.25, 0.3) is 0 Å². The predicted octanol–water partition coefficient (Wildman–Crippen LogP) is 4.00. The van der Waals surface area contributed by atoms with E-state index in [-0.39, 0.29) is 16.6 Å². The van der Waals surface area contributed by atoms with Gasteiger partial charge in [-0.1, -0.05) is 38.1 Å². The molecule has 29 heavy (non-hydrogen) atoms. The van der Waals surface area contributed by atoms with Crippen molar-refractivity contribution < 1.29 is 13.2 Å². The molecule has 0 spiro atoms. The Balaban J connectivity index is 1.70. The summed E-state index contributed by atoms with van der Waals surface area (Å²) in [5, 5.41) is 3.79. The zero-order valence-electron chi connectivity index (χ0n) is 16.3. The van der Waals surface area contributed by atoms with E-state index in [9.17, 15) is 13.2 Å². The number of amides is 1. The SMILES string of the molecule is CCN(CC)S(=O)(=O)c1cccc(NC(=O)CSc2ccnc3ccccc23)c1. The zero-order valence-corrected chi connectivity index (χ0v) is 18.0. The van der Waals surface area contributed by atoms with Crippen LogP contribution in [0.15, 0.2) is 70.6 Å². The van der Waals surface area contributed by atoms with Crippen LogP contribution in [0, 0.1) is 0 Å². The Hall–Kier alpha value is -2.42. The molecular formula is C21H23N3O3S2. The van der Waals surface area contributed by atoms with Gasteiger partial charge in [0, 0.05) is 35.3 Å². The lowest BCUT2D eigenvalue weighted by molar-refractivity contribution is -0.113. The maximum atomic E-state index is 12.7. The third-order valence-electron chi connectivity index (χ3n) is 4.43. The summed E-state index contributed by atoms with van der Waals surface area (Å²) in [5.41, 5.74) is 1.34. The minimum absolute atomic E-state index is 0.173. The minimum Gasteiger partial charge on any atom is -0.325 e. The van der Waals surface area contributed by atoms with E-state index in [4.69, 9.17) is 0 Å². The molecule has 8 heteroatoms. The molecule has 0 aliphatic rings. The summed E-state index contributed by atoms with van der Waals surface area (Å²) in [5.74, 6) is 0.00869. The quantitative estimate of drug-likeness (QED) is 0.548. The van der Waals surface area contributed by atoms with Gasteiger partial charge < -0.3 is 5.32 Å². The Bertz CT molecular complexity index is 1110. The third-order valence-corrected chi connectivity index (χ3v) is 7.55. The van der Waals surface area contributed by atoms with Crippen molar-refractivity contribution in [3.05, 3.63) is 60.8 Å². The van der Waals surface area contributed by atoms with Crippen molar-refractivity contribution >= 4 is 44.3 Å². The fraction of sp³-hybridized carbons (Fsp3) is 0.238. The molecule has 3 rings (SSSR count). The Labute approximate surface area is 175 Å². The normalized spacial score (nSPS) is 11.7. The van der Waals surface area contributed by atoms with Crippen LogP contribution in [-0.4, -0.2) is 42.5 Å². The highest BCUT2D eigenvalue weighted by atomic mass is 32.2. The summed E-state index contributed by atoms with van der Waals surface area (Å²) in [6, 6.07) is 16.0. The van der Waals surface area contributed by atoms with Crippen LogP contribution in [0.2, 0.25) is 0 Å². The summed E-state index contributed by atoms with van der Waals surface area (Å²) in [6.07, 6.45) is 1.73. The number of pyridine rings is 1. The van der Waals surface area contributed by atoms with Gasteiger partial charge >= 0.3 is 0 Å². The first kappa shape index (κ1) is 21.3. The average molecular weight is 430 g/mol. The second-order valence-corrected chi connectivity index (χ2v) is 9.24. The van der Waals surface area contributed by atoms with E-state index in [1.807, 2.05) is 30.3 Å². The Morgan fingerprint density at radius 2 is 1.83 bits per heavy atom. The summed E-state index contributed by atoms with van der Waals surface area (Å²) in [7, 11) is -3.57. The van der Waals surface area contributed by atoms with Crippen molar-refractivity contribution in [1.82, 2.24) is 9.29 Å². The number of fused-ring (bicyclic) bond motifs is 1. The van der Waals surface area contributed by atoms with E-state index in [1.165, 1.54) is 22.1 Å². The van der Waals surface area contributed by atoms with Gasteiger partial charge in [-0.05, 0) is 30.3 Å². The Kier molecular flexibility index (Phi) is 6.89. The molecular weight excluding hydrogens is 406 g/mol. The van der Waals surface area contributed by atoms with Gasteiger partial charge in [-0.3, -0.25) is 9.78 Å². The molecule has 0 bridgehead atoms. The number of rotatable bonds is 8. The smallest absolute Gasteiger partial charge is 0.243 e. The van der Waals surface area contributed by atoms with E-state index >= 15 is 0 Å². The van der Waals surface area contributed by atoms with E-state index in [2.05, 4.69) is 10.3 Å². The second-order valence-electron chi connectivity index (χ2n) is 6.28. The number of benzene rings is 2. The number of thioether (sulfide) groups is 1. The minimum atomic E-state index is -3.57. The fourth-order valence-corrected chi connectivity index (χ4v) is 5.33. The van der Waals surface area contributed by atoms with Crippen LogP contribution < -0.4 is 5.32 Å². The topological polar surface area (TPSA) is 79.4 Å². The van der Waals surface area contributed by atoms with Crippen LogP contribution in [0.3, 0.4) is 0 Å². The molecule has 3 aromatic rings. The van der Waals surface area contributed by atoms with Gasteiger partial charge in [-0.2, -0.15) is 4.31 Å². The maximum absolute atomic E-state index is 12.7. The second kappa shape index (κ2) is 9.39. The molecule has 1 heterocycles. The Morgan fingerprint density at radius 1 is 1.07 bits per heavy atom. The van der Waals surface area contributed by atoms with Crippen molar-refractivity contribution in [3.8, 4) is 0 Å². The van der Waals surface area contributed by atoms with Crippen LogP contribution in [0.1, 0.15) is 13.8 Å². The molecule has 6 nitrogen and oxygen atoms in total. The molecule has 2 aromatic carbocycles. The first-order valence-corrected chi connectivity index (χ1v) is 11.7. The van der Waals surface area contributed by atoms with Gasteiger partial charge in [0.1, 0.15) is 0 Å².